The first-order valence-corrected chi connectivity index (χ1v) is 14.3. The highest BCUT2D eigenvalue weighted by Gasteiger charge is 2.24. The first kappa shape index (κ1) is 25.9. The maximum atomic E-state index is 11.7. The van der Waals surface area contributed by atoms with Crippen LogP contribution in [0.5, 0.6) is 0 Å². The number of aryl methyl sites for hydroxylation is 1. The quantitative estimate of drug-likeness (QED) is 0.248. The van der Waals surface area contributed by atoms with E-state index >= 15 is 0 Å². The predicted molar refractivity (Wildman–Crippen MR) is 151 cm³/mol. The number of fused-ring (bicyclic) bond motifs is 1. The molecule has 37 heavy (non-hydrogen) atoms. The maximum Gasteiger partial charge on any atom is 0.270 e. The third kappa shape index (κ3) is 6.24. The third-order valence-electron chi connectivity index (χ3n) is 8.74. The second kappa shape index (κ2) is 11.8. The topological polar surface area (TPSA) is 86.1 Å². The zero-order valence-corrected chi connectivity index (χ0v) is 22.2. The molecule has 1 unspecified atom stereocenters. The average molecular weight is 503 g/mol. The number of hydrogen-bond acceptors (Lipinski definition) is 4. The SMILES string of the molecule is Cc1cccc(C(CCNC2CCC(N)CC2)c2cn(CC3CCCCC3)c3ccc([N+](=O)[O-])cc23)c1. The Hall–Kier alpha value is -2.70. The number of hydrogen-bond donors (Lipinski definition) is 2. The zero-order chi connectivity index (χ0) is 25.8. The van der Waals surface area contributed by atoms with Crippen LogP contribution in [0.15, 0.2) is 48.7 Å². The van der Waals surface area contributed by atoms with Gasteiger partial charge in [-0.1, -0.05) is 49.1 Å². The van der Waals surface area contributed by atoms with Crippen molar-refractivity contribution < 1.29 is 4.92 Å². The van der Waals surface area contributed by atoms with E-state index in [9.17, 15) is 10.1 Å². The minimum Gasteiger partial charge on any atom is -0.347 e. The van der Waals surface area contributed by atoms with Crippen LogP contribution in [0.1, 0.15) is 86.8 Å². The molecule has 6 heteroatoms. The molecule has 0 radical (unpaired) electrons. The van der Waals surface area contributed by atoms with Crippen LogP contribution in [0.2, 0.25) is 0 Å². The molecule has 0 amide bonds. The van der Waals surface area contributed by atoms with Gasteiger partial charge in [0.15, 0.2) is 0 Å². The molecule has 2 fully saturated rings. The van der Waals surface area contributed by atoms with Gasteiger partial charge in [0.1, 0.15) is 0 Å². The summed E-state index contributed by atoms with van der Waals surface area (Å²) in [6.45, 7) is 4.05. The molecule has 2 aliphatic rings. The summed E-state index contributed by atoms with van der Waals surface area (Å²) in [5.74, 6) is 0.861. The van der Waals surface area contributed by atoms with Gasteiger partial charge < -0.3 is 15.6 Å². The van der Waals surface area contributed by atoms with Crippen LogP contribution >= 0.6 is 0 Å². The van der Waals surface area contributed by atoms with Gasteiger partial charge in [-0.2, -0.15) is 0 Å². The van der Waals surface area contributed by atoms with Crippen LogP contribution < -0.4 is 11.1 Å². The molecule has 5 rings (SSSR count). The maximum absolute atomic E-state index is 11.7. The van der Waals surface area contributed by atoms with Crippen molar-refractivity contribution in [3.63, 3.8) is 0 Å². The number of aromatic nitrogens is 1. The van der Waals surface area contributed by atoms with E-state index in [-0.39, 0.29) is 16.5 Å². The smallest absolute Gasteiger partial charge is 0.270 e. The van der Waals surface area contributed by atoms with E-state index in [0.717, 1.165) is 56.1 Å². The number of nitrogens with zero attached hydrogens (tertiary/aromatic N) is 2. The summed E-state index contributed by atoms with van der Waals surface area (Å²) in [5.41, 5.74) is 11.2. The number of nitrogens with two attached hydrogens (primary N) is 1. The minimum atomic E-state index is -0.265. The summed E-state index contributed by atoms with van der Waals surface area (Å²) in [7, 11) is 0. The fourth-order valence-electron chi connectivity index (χ4n) is 6.65. The summed E-state index contributed by atoms with van der Waals surface area (Å²) in [6, 6.07) is 15.1. The van der Waals surface area contributed by atoms with Gasteiger partial charge in [-0.3, -0.25) is 10.1 Å². The summed E-state index contributed by atoms with van der Waals surface area (Å²) in [6.07, 6.45) is 14.3. The third-order valence-corrected chi connectivity index (χ3v) is 8.74. The van der Waals surface area contributed by atoms with Gasteiger partial charge in [0.05, 0.1) is 4.92 Å². The van der Waals surface area contributed by atoms with Crippen molar-refractivity contribution >= 4 is 16.6 Å². The van der Waals surface area contributed by atoms with E-state index in [1.165, 1.54) is 48.8 Å². The van der Waals surface area contributed by atoms with E-state index in [4.69, 9.17) is 5.73 Å². The van der Waals surface area contributed by atoms with Crippen molar-refractivity contribution in [3.05, 3.63) is 75.5 Å². The largest absolute Gasteiger partial charge is 0.347 e. The lowest BCUT2D eigenvalue weighted by Crippen LogP contribution is -2.38. The van der Waals surface area contributed by atoms with Crippen LogP contribution in [0, 0.1) is 23.0 Å². The van der Waals surface area contributed by atoms with Gasteiger partial charge in [-0.15, -0.1) is 0 Å². The molecule has 0 saturated heterocycles. The van der Waals surface area contributed by atoms with Crippen LogP contribution in [0.4, 0.5) is 5.69 Å². The first-order chi connectivity index (χ1) is 18.0. The van der Waals surface area contributed by atoms with Crippen molar-refractivity contribution in [3.8, 4) is 0 Å². The molecule has 0 aliphatic heterocycles. The zero-order valence-electron chi connectivity index (χ0n) is 22.2. The number of nitrogens with one attached hydrogen (secondary N) is 1. The molecule has 1 heterocycles. The molecule has 0 spiro atoms. The second-order valence-corrected chi connectivity index (χ2v) is 11.5. The number of nitro benzene ring substituents is 1. The van der Waals surface area contributed by atoms with Crippen molar-refractivity contribution in [1.29, 1.82) is 0 Å². The van der Waals surface area contributed by atoms with E-state index < -0.39 is 0 Å². The molecule has 198 valence electrons. The minimum absolute atomic E-state index is 0.170. The number of non-ortho nitro benzene ring substituents is 1. The molecule has 0 bridgehead atoms. The number of rotatable bonds is 9. The summed E-state index contributed by atoms with van der Waals surface area (Å²) < 4.78 is 2.39. The monoisotopic (exact) mass is 502 g/mol. The van der Waals surface area contributed by atoms with Gasteiger partial charge in [0, 0.05) is 53.8 Å². The molecule has 1 aromatic heterocycles. The Bertz CT molecular complexity index is 1210. The number of benzene rings is 2. The molecule has 6 nitrogen and oxygen atoms in total. The fourth-order valence-corrected chi connectivity index (χ4v) is 6.65. The molecule has 2 aliphatic carbocycles. The summed E-state index contributed by atoms with van der Waals surface area (Å²) in [4.78, 5) is 11.4. The average Bonchev–Trinajstić information content (AvgIpc) is 3.25. The van der Waals surface area contributed by atoms with Gasteiger partial charge in [-0.25, -0.2) is 0 Å². The molecule has 2 saturated carbocycles. The van der Waals surface area contributed by atoms with Crippen LogP contribution in [0.3, 0.4) is 0 Å². The standard InChI is InChI=1S/C31H42N4O2/c1-22-6-5-9-24(18-22)28(16-17-33-26-12-10-25(32)11-13-26)30-21-34(20-23-7-3-2-4-8-23)31-15-14-27(35(36)37)19-29(30)31/h5-6,9,14-15,18-19,21,23,25-26,28,33H,2-4,7-8,10-13,16-17,20,32H2,1H3. The van der Waals surface area contributed by atoms with Gasteiger partial charge >= 0.3 is 0 Å². The molecule has 3 N–H and O–H groups in total. The molecule has 2 aromatic carbocycles. The lowest BCUT2D eigenvalue weighted by molar-refractivity contribution is -0.384. The van der Waals surface area contributed by atoms with E-state index in [0.29, 0.717) is 18.0 Å². The fraction of sp³-hybridized carbons (Fsp3) is 0.548. The predicted octanol–water partition coefficient (Wildman–Crippen LogP) is 6.82. The first-order valence-electron chi connectivity index (χ1n) is 14.3. The van der Waals surface area contributed by atoms with Crippen molar-refractivity contribution in [2.75, 3.05) is 6.54 Å². The highest BCUT2D eigenvalue weighted by atomic mass is 16.6. The van der Waals surface area contributed by atoms with Crippen LogP contribution in [-0.4, -0.2) is 28.1 Å². The summed E-state index contributed by atoms with van der Waals surface area (Å²) >= 11 is 0. The van der Waals surface area contributed by atoms with E-state index in [1.807, 2.05) is 6.07 Å². The Morgan fingerprint density at radius 3 is 2.57 bits per heavy atom. The Kier molecular flexibility index (Phi) is 8.26. The van der Waals surface area contributed by atoms with Crippen LogP contribution in [0.25, 0.3) is 10.9 Å². The molecular weight excluding hydrogens is 460 g/mol. The lowest BCUT2D eigenvalue weighted by atomic mass is 9.87. The molecule has 3 aromatic rings. The highest BCUT2D eigenvalue weighted by molar-refractivity contribution is 5.87. The van der Waals surface area contributed by atoms with Crippen molar-refractivity contribution in [1.82, 2.24) is 9.88 Å². The summed E-state index contributed by atoms with van der Waals surface area (Å²) in [5, 5.41) is 16.5. The van der Waals surface area contributed by atoms with Crippen molar-refractivity contribution in [2.24, 2.45) is 11.7 Å². The Morgan fingerprint density at radius 1 is 1.05 bits per heavy atom. The Labute approximate surface area is 220 Å². The highest BCUT2D eigenvalue weighted by Crippen LogP contribution is 2.38. The Balaban J connectivity index is 1.48. The van der Waals surface area contributed by atoms with Gasteiger partial charge in [-0.05, 0) is 81.5 Å². The van der Waals surface area contributed by atoms with Crippen LogP contribution in [-0.2, 0) is 6.54 Å². The lowest BCUT2D eigenvalue weighted by Gasteiger charge is -2.28. The van der Waals surface area contributed by atoms with Crippen molar-refractivity contribution in [2.45, 2.75) is 95.7 Å². The van der Waals surface area contributed by atoms with E-state index in [1.54, 1.807) is 12.1 Å². The second-order valence-electron chi connectivity index (χ2n) is 11.5. The molecule has 1 atom stereocenters. The molecular formula is C31H42N4O2. The number of nitro groups is 1. The van der Waals surface area contributed by atoms with E-state index in [2.05, 4.69) is 47.3 Å². The van der Waals surface area contributed by atoms with Gasteiger partial charge in [0.2, 0.25) is 0 Å². The normalized spacial score (nSPS) is 21.8. The van der Waals surface area contributed by atoms with Gasteiger partial charge in [0.25, 0.3) is 5.69 Å². The Morgan fingerprint density at radius 2 is 1.84 bits per heavy atom.